The van der Waals surface area contributed by atoms with Crippen molar-refractivity contribution in [3.8, 4) is 0 Å². The Morgan fingerprint density at radius 3 is 2.76 bits per heavy atom. The van der Waals surface area contributed by atoms with Crippen molar-refractivity contribution in [1.82, 2.24) is 10.2 Å². The van der Waals surface area contributed by atoms with Gasteiger partial charge in [0.25, 0.3) is 0 Å². The summed E-state index contributed by atoms with van der Waals surface area (Å²) in [5.41, 5.74) is 1.13. The fraction of sp³-hybridized carbons (Fsp3) is 0.579. The van der Waals surface area contributed by atoms with E-state index in [2.05, 4.69) is 5.32 Å². The van der Waals surface area contributed by atoms with Crippen molar-refractivity contribution in [2.45, 2.75) is 39.3 Å². The Bertz CT molecular complexity index is 610. The molecule has 1 N–H and O–H groups in total. The van der Waals surface area contributed by atoms with Gasteiger partial charge in [0.1, 0.15) is 5.60 Å². The third kappa shape index (κ3) is 6.05. The maximum atomic E-state index is 12.1. The molecule has 0 spiro atoms. The molecule has 6 nitrogen and oxygen atoms in total. The molecule has 1 fully saturated rings. The zero-order valence-corrected chi connectivity index (χ0v) is 15.5. The number of nitrogens with zero attached hydrogens (tertiary/aromatic N) is 1. The second-order valence-electron chi connectivity index (χ2n) is 7.40. The summed E-state index contributed by atoms with van der Waals surface area (Å²) in [6, 6.07) is 7.40. The predicted molar refractivity (Wildman–Crippen MR) is 95.4 cm³/mol. The summed E-state index contributed by atoms with van der Waals surface area (Å²) < 4.78 is 10.1. The van der Waals surface area contributed by atoms with Gasteiger partial charge < -0.3 is 19.7 Å². The topological polar surface area (TPSA) is 67.9 Å². The average Bonchev–Trinajstić information content (AvgIpc) is 3.02. The molecule has 25 heavy (non-hydrogen) atoms. The normalized spacial score (nSPS) is 17.4. The number of benzene rings is 1. The zero-order valence-electron chi connectivity index (χ0n) is 15.5. The first-order valence-corrected chi connectivity index (χ1v) is 8.64. The van der Waals surface area contributed by atoms with E-state index in [1.54, 1.807) is 11.0 Å². The molecule has 1 heterocycles. The molecule has 0 aromatic heterocycles. The van der Waals surface area contributed by atoms with Crippen LogP contribution in [0, 0.1) is 5.92 Å². The molecule has 1 aromatic rings. The molecule has 0 aliphatic carbocycles. The maximum Gasteiger partial charge on any atom is 0.410 e. The van der Waals surface area contributed by atoms with E-state index in [4.69, 9.17) is 9.47 Å². The number of carbonyl (C=O) groups excluding carboxylic acids is 2. The van der Waals surface area contributed by atoms with Crippen LogP contribution in [-0.2, 0) is 16.0 Å². The summed E-state index contributed by atoms with van der Waals surface area (Å²) in [6.45, 7) is 8.58. The molecule has 0 bridgehead atoms. The molecular weight excluding hydrogens is 320 g/mol. The number of hydrogen-bond acceptors (Lipinski definition) is 5. The van der Waals surface area contributed by atoms with Crippen LogP contribution in [0.15, 0.2) is 24.3 Å². The van der Waals surface area contributed by atoms with Gasteiger partial charge in [0.15, 0.2) is 0 Å². The maximum absolute atomic E-state index is 12.1. The summed E-state index contributed by atoms with van der Waals surface area (Å²) in [5.74, 6) is 0.0851. The highest BCUT2D eigenvalue weighted by atomic mass is 16.6. The highest BCUT2D eigenvalue weighted by Gasteiger charge is 2.29. The van der Waals surface area contributed by atoms with Crippen LogP contribution in [0.5, 0.6) is 0 Å². The molecular formula is C19H28N2O4. The first kappa shape index (κ1) is 19.2. The van der Waals surface area contributed by atoms with Crippen LogP contribution in [-0.4, -0.2) is 49.3 Å². The Kier molecular flexibility index (Phi) is 6.42. The number of ether oxygens (including phenoxy) is 2. The summed E-state index contributed by atoms with van der Waals surface area (Å²) in [6.07, 6.45) is 0.731. The van der Waals surface area contributed by atoms with E-state index in [1.165, 1.54) is 7.11 Å². The molecule has 1 aliphatic rings. The van der Waals surface area contributed by atoms with Crippen LogP contribution in [0.4, 0.5) is 4.79 Å². The second kappa shape index (κ2) is 8.34. The summed E-state index contributed by atoms with van der Waals surface area (Å²) in [4.78, 5) is 25.4. The third-order valence-corrected chi connectivity index (χ3v) is 4.05. The van der Waals surface area contributed by atoms with E-state index in [1.807, 2.05) is 39.0 Å². The molecule has 6 heteroatoms. The van der Waals surface area contributed by atoms with Crippen LogP contribution in [0.1, 0.15) is 43.1 Å². The summed E-state index contributed by atoms with van der Waals surface area (Å²) in [7, 11) is 1.38. The van der Waals surface area contributed by atoms with Crippen molar-refractivity contribution in [3.63, 3.8) is 0 Å². The Hall–Kier alpha value is -2.08. The van der Waals surface area contributed by atoms with Gasteiger partial charge >= 0.3 is 12.1 Å². The van der Waals surface area contributed by atoms with Crippen molar-refractivity contribution in [2.75, 3.05) is 26.7 Å². The fourth-order valence-electron chi connectivity index (χ4n) is 2.84. The lowest BCUT2D eigenvalue weighted by Gasteiger charge is -2.24. The SMILES string of the molecule is COC(=O)c1cccc(CNCC2CCN(C(=O)OC(C)(C)C)C2)c1. The second-order valence-corrected chi connectivity index (χ2v) is 7.40. The molecule has 1 amide bonds. The van der Waals surface area contributed by atoms with Crippen molar-refractivity contribution < 1.29 is 19.1 Å². The van der Waals surface area contributed by atoms with Crippen molar-refractivity contribution >= 4 is 12.1 Å². The standard InChI is InChI=1S/C19H28N2O4/c1-19(2,3)25-18(23)21-9-8-15(13-21)12-20-11-14-6-5-7-16(10-14)17(22)24-4/h5-7,10,15,20H,8-9,11-13H2,1-4H3. The van der Waals surface area contributed by atoms with Crippen molar-refractivity contribution in [2.24, 2.45) is 5.92 Å². The number of carbonyl (C=O) groups is 2. The first-order valence-electron chi connectivity index (χ1n) is 8.64. The van der Waals surface area contributed by atoms with Crippen LogP contribution >= 0.6 is 0 Å². The number of likely N-dealkylation sites (tertiary alicyclic amines) is 1. The summed E-state index contributed by atoms with van der Waals surface area (Å²) in [5, 5.41) is 3.40. The van der Waals surface area contributed by atoms with Gasteiger partial charge in [-0.1, -0.05) is 12.1 Å². The van der Waals surface area contributed by atoms with Gasteiger partial charge in [0.2, 0.25) is 0 Å². The Labute approximate surface area is 149 Å². The predicted octanol–water partition coefficient (Wildman–Crippen LogP) is 2.82. The minimum Gasteiger partial charge on any atom is -0.465 e. The first-order chi connectivity index (χ1) is 11.8. The van der Waals surface area contributed by atoms with Crippen molar-refractivity contribution in [3.05, 3.63) is 35.4 Å². The smallest absolute Gasteiger partial charge is 0.410 e. The van der Waals surface area contributed by atoms with Gasteiger partial charge in [-0.25, -0.2) is 9.59 Å². The fourth-order valence-corrected chi connectivity index (χ4v) is 2.84. The molecule has 0 saturated carbocycles. The minimum atomic E-state index is -0.460. The van der Waals surface area contributed by atoms with E-state index >= 15 is 0 Å². The molecule has 138 valence electrons. The third-order valence-electron chi connectivity index (χ3n) is 4.05. The lowest BCUT2D eigenvalue weighted by atomic mass is 10.1. The van der Waals surface area contributed by atoms with Crippen LogP contribution in [0.2, 0.25) is 0 Å². The summed E-state index contributed by atoms with van der Waals surface area (Å²) >= 11 is 0. The van der Waals surface area contributed by atoms with Gasteiger partial charge in [-0.15, -0.1) is 0 Å². The molecule has 1 aromatic carbocycles. The minimum absolute atomic E-state index is 0.235. The largest absolute Gasteiger partial charge is 0.465 e. The Morgan fingerprint density at radius 1 is 1.32 bits per heavy atom. The van der Waals surface area contributed by atoms with Crippen LogP contribution in [0.3, 0.4) is 0 Å². The Balaban J connectivity index is 1.76. The van der Waals surface area contributed by atoms with Gasteiger partial charge in [-0.05, 0) is 50.8 Å². The van der Waals surface area contributed by atoms with E-state index in [-0.39, 0.29) is 12.1 Å². The van der Waals surface area contributed by atoms with Crippen LogP contribution in [0.25, 0.3) is 0 Å². The average molecular weight is 348 g/mol. The highest BCUT2D eigenvalue weighted by Crippen LogP contribution is 2.19. The van der Waals surface area contributed by atoms with Gasteiger partial charge in [-0.2, -0.15) is 0 Å². The number of rotatable bonds is 5. The monoisotopic (exact) mass is 348 g/mol. The molecule has 0 radical (unpaired) electrons. The van der Waals surface area contributed by atoms with Gasteiger partial charge in [0.05, 0.1) is 12.7 Å². The molecule has 1 unspecified atom stereocenters. The lowest BCUT2D eigenvalue weighted by Crippen LogP contribution is -2.36. The number of esters is 1. The van der Waals surface area contributed by atoms with E-state index < -0.39 is 5.60 Å². The molecule has 1 atom stereocenters. The van der Waals surface area contributed by atoms with E-state index in [9.17, 15) is 9.59 Å². The Morgan fingerprint density at radius 2 is 2.08 bits per heavy atom. The number of nitrogens with one attached hydrogen (secondary N) is 1. The van der Waals surface area contributed by atoms with Crippen molar-refractivity contribution in [1.29, 1.82) is 0 Å². The highest BCUT2D eigenvalue weighted by molar-refractivity contribution is 5.89. The quantitative estimate of drug-likeness (QED) is 0.829. The van der Waals surface area contributed by atoms with Gasteiger partial charge in [-0.3, -0.25) is 0 Å². The molecule has 1 saturated heterocycles. The van der Waals surface area contributed by atoms with Crippen LogP contribution < -0.4 is 5.32 Å². The molecule has 2 rings (SSSR count). The number of hydrogen-bond donors (Lipinski definition) is 1. The molecule has 1 aliphatic heterocycles. The lowest BCUT2D eigenvalue weighted by molar-refractivity contribution is 0.0288. The number of methoxy groups -OCH3 is 1. The zero-order chi connectivity index (χ0) is 18.4. The van der Waals surface area contributed by atoms with E-state index in [0.717, 1.165) is 25.1 Å². The number of amides is 1. The van der Waals surface area contributed by atoms with E-state index in [0.29, 0.717) is 24.6 Å². The van der Waals surface area contributed by atoms with Gasteiger partial charge in [0, 0.05) is 26.2 Å².